The van der Waals surface area contributed by atoms with Crippen LogP contribution in [0.25, 0.3) is 0 Å². The van der Waals surface area contributed by atoms with Gasteiger partial charge in [0.05, 0.1) is 23.4 Å². The molecule has 29 heavy (non-hydrogen) atoms. The Hall–Kier alpha value is -2.71. The molecule has 0 unspecified atom stereocenters. The molecular weight excluding hydrogens is 427 g/mol. The Balaban J connectivity index is 1.84. The number of carbonyl (C=O) groups is 1. The first-order valence-electron chi connectivity index (χ1n) is 8.40. The molecule has 9 heteroatoms. The Labute approximate surface area is 173 Å². The zero-order valence-electron chi connectivity index (χ0n) is 14.8. The van der Waals surface area contributed by atoms with Crippen LogP contribution >= 0.6 is 22.9 Å². The van der Waals surface area contributed by atoms with Crippen LogP contribution in [0.15, 0.2) is 53.9 Å². The van der Waals surface area contributed by atoms with E-state index in [4.69, 9.17) is 16.3 Å². The number of rotatable bonds is 6. The summed E-state index contributed by atoms with van der Waals surface area (Å²) in [6.07, 6.45) is -4.02. The number of thiophene rings is 1. The summed E-state index contributed by atoms with van der Waals surface area (Å²) in [5.74, 6) is -1.07. The van der Waals surface area contributed by atoms with Crippen LogP contribution in [0.4, 0.5) is 18.9 Å². The number of phenols is 1. The van der Waals surface area contributed by atoms with Gasteiger partial charge in [0, 0.05) is 16.3 Å². The Morgan fingerprint density at radius 1 is 1.17 bits per heavy atom. The van der Waals surface area contributed by atoms with Gasteiger partial charge in [-0.3, -0.25) is 4.79 Å². The van der Waals surface area contributed by atoms with Crippen molar-refractivity contribution in [1.82, 2.24) is 0 Å². The minimum absolute atomic E-state index is 0.0874. The lowest BCUT2D eigenvalue weighted by Gasteiger charge is -2.16. The fraction of sp³-hybridized carbons (Fsp3) is 0.150. The first-order valence-corrected chi connectivity index (χ1v) is 9.66. The van der Waals surface area contributed by atoms with Crippen molar-refractivity contribution in [2.75, 3.05) is 11.9 Å². The summed E-state index contributed by atoms with van der Waals surface area (Å²) in [5, 5.41) is 14.3. The molecule has 0 aliphatic heterocycles. The lowest BCUT2D eigenvalue weighted by atomic mass is 10.1. The van der Waals surface area contributed by atoms with Crippen molar-refractivity contribution in [3.8, 4) is 11.5 Å². The highest BCUT2D eigenvalue weighted by molar-refractivity contribution is 7.09. The summed E-state index contributed by atoms with van der Waals surface area (Å²) >= 11 is 7.37. The maximum atomic E-state index is 13.1. The zero-order chi connectivity index (χ0) is 21.0. The molecular formula is C20H15ClF3NO3S. The predicted molar refractivity (Wildman–Crippen MR) is 106 cm³/mol. The smallest absolute Gasteiger partial charge is 0.416 e. The summed E-state index contributed by atoms with van der Waals surface area (Å²) in [6, 6.07) is 10.5. The third-order valence-corrected chi connectivity index (χ3v) is 5.12. The SMILES string of the molecule is O=C(Nc1cc(C(F)(F)F)ccc1OCCc1cccs1)c1cc(Cl)ccc1O. The third-order valence-electron chi connectivity index (χ3n) is 3.94. The highest BCUT2D eigenvalue weighted by atomic mass is 35.5. The Morgan fingerprint density at radius 3 is 2.66 bits per heavy atom. The summed E-state index contributed by atoms with van der Waals surface area (Å²) in [6.45, 7) is 0.219. The van der Waals surface area contributed by atoms with Gasteiger partial charge in [0.15, 0.2) is 0 Å². The van der Waals surface area contributed by atoms with E-state index in [1.54, 1.807) is 11.3 Å². The molecule has 2 N–H and O–H groups in total. The van der Waals surface area contributed by atoms with Gasteiger partial charge in [0.1, 0.15) is 11.5 Å². The van der Waals surface area contributed by atoms with E-state index in [2.05, 4.69) is 5.32 Å². The van der Waals surface area contributed by atoms with Crippen LogP contribution < -0.4 is 10.1 Å². The molecule has 1 heterocycles. The number of nitrogens with one attached hydrogen (secondary N) is 1. The van der Waals surface area contributed by atoms with E-state index >= 15 is 0 Å². The van der Waals surface area contributed by atoms with Crippen LogP contribution in [0, 0.1) is 0 Å². The Morgan fingerprint density at radius 2 is 1.97 bits per heavy atom. The maximum Gasteiger partial charge on any atom is 0.416 e. The largest absolute Gasteiger partial charge is 0.507 e. The van der Waals surface area contributed by atoms with Gasteiger partial charge in [-0.2, -0.15) is 13.2 Å². The highest BCUT2D eigenvalue weighted by Gasteiger charge is 2.31. The van der Waals surface area contributed by atoms with Crippen molar-refractivity contribution in [2.24, 2.45) is 0 Å². The number of carbonyl (C=O) groups excluding carboxylic acids is 1. The Kier molecular flexibility index (Phi) is 6.34. The molecule has 0 saturated heterocycles. The molecule has 0 spiro atoms. The monoisotopic (exact) mass is 441 g/mol. The van der Waals surface area contributed by atoms with Crippen molar-refractivity contribution in [1.29, 1.82) is 0 Å². The van der Waals surface area contributed by atoms with Gasteiger partial charge in [0.25, 0.3) is 5.91 Å². The summed E-state index contributed by atoms with van der Waals surface area (Å²) in [7, 11) is 0. The van der Waals surface area contributed by atoms with Crippen LogP contribution in [0.5, 0.6) is 11.5 Å². The fourth-order valence-corrected chi connectivity index (χ4v) is 3.39. The molecule has 0 atom stereocenters. The second kappa shape index (κ2) is 8.75. The second-order valence-corrected chi connectivity index (χ2v) is 7.47. The third kappa shape index (κ3) is 5.42. The van der Waals surface area contributed by atoms with Crippen molar-refractivity contribution in [2.45, 2.75) is 12.6 Å². The van der Waals surface area contributed by atoms with Crippen LogP contribution in [0.3, 0.4) is 0 Å². The first kappa shape index (κ1) is 21.0. The molecule has 0 bridgehead atoms. The van der Waals surface area contributed by atoms with E-state index in [0.29, 0.717) is 6.42 Å². The molecule has 1 amide bonds. The van der Waals surface area contributed by atoms with Gasteiger partial charge in [-0.25, -0.2) is 0 Å². The van der Waals surface area contributed by atoms with Crippen molar-refractivity contribution in [3.63, 3.8) is 0 Å². The number of aromatic hydroxyl groups is 1. The normalized spacial score (nSPS) is 11.3. The number of hydrogen-bond acceptors (Lipinski definition) is 4. The quantitative estimate of drug-likeness (QED) is 0.493. The molecule has 0 radical (unpaired) electrons. The summed E-state index contributed by atoms with van der Waals surface area (Å²) in [4.78, 5) is 13.6. The van der Waals surface area contributed by atoms with Gasteiger partial charge in [0.2, 0.25) is 0 Å². The fourth-order valence-electron chi connectivity index (χ4n) is 2.53. The molecule has 4 nitrogen and oxygen atoms in total. The molecule has 0 aliphatic rings. The van der Waals surface area contributed by atoms with Crippen molar-refractivity contribution >= 4 is 34.5 Å². The molecule has 0 fully saturated rings. The number of anilines is 1. The first-order chi connectivity index (χ1) is 13.7. The van der Waals surface area contributed by atoms with Crippen LogP contribution in [-0.4, -0.2) is 17.6 Å². The predicted octanol–water partition coefficient (Wildman–Crippen LogP) is 6.00. The topological polar surface area (TPSA) is 58.6 Å². The minimum atomic E-state index is -4.59. The average molecular weight is 442 g/mol. The highest BCUT2D eigenvalue weighted by Crippen LogP contribution is 2.36. The Bertz CT molecular complexity index is 1010. The number of amides is 1. The lowest BCUT2D eigenvalue weighted by molar-refractivity contribution is -0.137. The van der Waals surface area contributed by atoms with E-state index < -0.39 is 17.6 Å². The van der Waals surface area contributed by atoms with Crippen LogP contribution in [0.1, 0.15) is 20.8 Å². The van der Waals surface area contributed by atoms with Gasteiger partial charge in [-0.15, -0.1) is 11.3 Å². The van der Waals surface area contributed by atoms with E-state index in [9.17, 15) is 23.1 Å². The van der Waals surface area contributed by atoms with Gasteiger partial charge in [-0.1, -0.05) is 17.7 Å². The molecule has 152 valence electrons. The molecule has 0 aliphatic carbocycles. The second-order valence-electron chi connectivity index (χ2n) is 6.00. The lowest BCUT2D eigenvalue weighted by Crippen LogP contribution is -2.15. The minimum Gasteiger partial charge on any atom is -0.507 e. The number of halogens is 4. The van der Waals surface area contributed by atoms with Gasteiger partial charge in [-0.05, 0) is 47.8 Å². The van der Waals surface area contributed by atoms with Crippen molar-refractivity contribution < 1.29 is 27.8 Å². The average Bonchev–Trinajstić information content (AvgIpc) is 3.17. The summed E-state index contributed by atoms with van der Waals surface area (Å²) < 4.78 is 44.9. The number of phenolic OH excluding ortho intramolecular Hbond substituents is 1. The van der Waals surface area contributed by atoms with E-state index in [0.717, 1.165) is 23.1 Å². The maximum absolute atomic E-state index is 13.1. The van der Waals surface area contributed by atoms with E-state index in [1.807, 2.05) is 17.5 Å². The number of hydrogen-bond donors (Lipinski definition) is 2. The van der Waals surface area contributed by atoms with E-state index in [1.165, 1.54) is 18.2 Å². The number of benzene rings is 2. The van der Waals surface area contributed by atoms with E-state index in [-0.39, 0.29) is 34.4 Å². The van der Waals surface area contributed by atoms with Crippen LogP contribution in [-0.2, 0) is 12.6 Å². The standard InChI is InChI=1S/C20H15ClF3NO3S/c21-13-4-5-17(26)15(11-13)19(27)25-16-10-12(20(22,23)24)3-6-18(16)28-8-7-14-2-1-9-29-14/h1-6,9-11,26H,7-8H2,(H,25,27). The van der Waals surface area contributed by atoms with Crippen LogP contribution in [0.2, 0.25) is 5.02 Å². The molecule has 2 aromatic carbocycles. The zero-order valence-corrected chi connectivity index (χ0v) is 16.4. The molecule has 0 saturated carbocycles. The van der Waals surface area contributed by atoms with Crippen molar-refractivity contribution in [3.05, 3.63) is 74.9 Å². The number of alkyl halides is 3. The van der Waals surface area contributed by atoms with Gasteiger partial charge < -0.3 is 15.2 Å². The molecule has 3 rings (SSSR count). The summed E-state index contributed by atoms with van der Waals surface area (Å²) in [5.41, 5.74) is -1.26. The molecule has 3 aromatic rings. The molecule has 1 aromatic heterocycles. The number of ether oxygens (including phenoxy) is 1. The van der Waals surface area contributed by atoms with Gasteiger partial charge >= 0.3 is 6.18 Å².